The van der Waals surface area contributed by atoms with Crippen LogP contribution in [-0.2, 0) is 5.41 Å². The standard InChI is InChI=1S/C63H40N2S/c1-4-20-42(21-5-1)62-64-57(40-58(65-62)55-34-18-32-53-51-28-12-14-35-56(51)63(60(53)55,46-23-6-2-7-24-46)47-25-8-3-9-26-47)45-38-43(49-30-16-22-41-19-10-11-27-48(41)49)37-44(39-45)50-31-17-33-54-52-29-13-15-36-59(52)66-61(50)54/h1-40H. The maximum absolute atomic E-state index is 5.55. The molecule has 13 rings (SSSR count). The molecule has 0 unspecified atom stereocenters. The molecule has 0 bridgehead atoms. The summed E-state index contributed by atoms with van der Waals surface area (Å²) < 4.78 is 2.57. The van der Waals surface area contributed by atoms with Crippen LogP contribution in [0.4, 0.5) is 0 Å². The van der Waals surface area contributed by atoms with Crippen molar-refractivity contribution in [3.05, 3.63) is 265 Å². The van der Waals surface area contributed by atoms with E-state index < -0.39 is 5.41 Å². The molecule has 0 radical (unpaired) electrons. The Kier molecular flexibility index (Phi) is 8.97. The number of rotatable bonds is 7. The second-order valence-electron chi connectivity index (χ2n) is 17.2. The van der Waals surface area contributed by atoms with E-state index in [1.165, 1.54) is 75.5 Å². The van der Waals surface area contributed by atoms with Gasteiger partial charge in [-0.25, -0.2) is 9.97 Å². The number of thiophene rings is 1. The smallest absolute Gasteiger partial charge is 0.160 e. The second kappa shape index (κ2) is 15.5. The van der Waals surface area contributed by atoms with E-state index in [1.54, 1.807) is 0 Å². The van der Waals surface area contributed by atoms with Crippen LogP contribution in [0.5, 0.6) is 0 Å². The first-order valence-corrected chi connectivity index (χ1v) is 23.4. The fraction of sp³-hybridized carbons (Fsp3) is 0.0159. The molecular formula is C63H40N2S. The van der Waals surface area contributed by atoms with Gasteiger partial charge in [0.1, 0.15) is 0 Å². The fourth-order valence-corrected chi connectivity index (χ4v) is 11.9. The van der Waals surface area contributed by atoms with Crippen LogP contribution >= 0.6 is 11.3 Å². The Morgan fingerprint density at radius 3 is 1.67 bits per heavy atom. The first-order valence-electron chi connectivity index (χ1n) is 22.6. The Hall–Kier alpha value is -8.24. The molecule has 0 saturated heterocycles. The predicted octanol–water partition coefficient (Wildman–Crippen LogP) is 16.7. The minimum Gasteiger partial charge on any atom is -0.228 e. The summed E-state index contributed by atoms with van der Waals surface area (Å²) in [5, 5.41) is 5.00. The lowest BCUT2D eigenvalue weighted by Crippen LogP contribution is -2.29. The maximum atomic E-state index is 5.55. The number of hydrogen-bond acceptors (Lipinski definition) is 3. The van der Waals surface area contributed by atoms with E-state index >= 15 is 0 Å². The van der Waals surface area contributed by atoms with Gasteiger partial charge >= 0.3 is 0 Å². The van der Waals surface area contributed by atoms with E-state index in [9.17, 15) is 0 Å². The number of aromatic nitrogens is 2. The molecule has 1 aliphatic rings. The summed E-state index contributed by atoms with van der Waals surface area (Å²) in [4.78, 5) is 11.1. The van der Waals surface area contributed by atoms with Crippen molar-refractivity contribution in [1.29, 1.82) is 0 Å². The largest absolute Gasteiger partial charge is 0.228 e. The van der Waals surface area contributed by atoms with Crippen molar-refractivity contribution in [3.8, 4) is 67.3 Å². The predicted molar refractivity (Wildman–Crippen MR) is 277 cm³/mol. The van der Waals surface area contributed by atoms with Gasteiger partial charge in [0, 0.05) is 36.9 Å². The van der Waals surface area contributed by atoms with E-state index in [0.29, 0.717) is 5.82 Å². The SMILES string of the molecule is c1ccc(-c2nc(-c3cc(-c4cccc5ccccc45)cc(-c4cccc5c4sc4ccccc45)c3)cc(-c3cccc4c3C(c3ccccc3)(c3ccccc3)c3ccccc3-4)n2)cc1. The van der Waals surface area contributed by atoms with Crippen molar-refractivity contribution >= 4 is 42.3 Å². The van der Waals surface area contributed by atoms with Gasteiger partial charge in [0.2, 0.25) is 0 Å². The molecule has 0 N–H and O–H groups in total. The Morgan fingerprint density at radius 2 is 0.864 bits per heavy atom. The van der Waals surface area contributed by atoms with Crippen LogP contribution < -0.4 is 0 Å². The molecule has 3 heteroatoms. The Balaban J connectivity index is 1.11. The van der Waals surface area contributed by atoms with Crippen LogP contribution in [0.15, 0.2) is 243 Å². The third-order valence-corrected chi connectivity index (χ3v) is 14.8. The van der Waals surface area contributed by atoms with Crippen LogP contribution in [0.25, 0.3) is 98.2 Å². The molecular weight excluding hydrogens is 817 g/mol. The minimum absolute atomic E-state index is 0.604. The minimum atomic E-state index is -0.604. The van der Waals surface area contributed by atoms with Gasteiger partial charge in [-0.1, -0.05) is 212 Å². The van der Waals surface area contributed by atoms with Gasteiger partial charge in [-0.05, 0) is 96.7 Å². The van der Waals surface area contributed by atoms with Gasteiger partial charge in [-0.15, -0.1) is 11.3 Å². The Morgan fingerprint density at radius 1 is 0.333 bits per heavy atom. The molecule has 0 atom stereocenters. The molecule has 0 spiro atoms. The first-order chi connectivity index (χ1) is 32.7. The first kappa shape index (κ1) is 38.2. The number of benzene rings is 10. The van der Waals surface area contributed by atoms with Gasteiger partial charge in [-0.3, -0.25) is 0 Å². The van der Waals surface area contributed by atoms with Crippen LogP contribution in [0.1, 0.15) is 22.3 Å². The van der Waals surface area contributed by atoms with E-state index in [0.717, 1.165) is 39.2 Å². The van der Waals surface area contributed by atoms with E-state index in [-0.39, 0.29) is 0 Å². The van der Waals surface area contributed by atoms with Crippen molar-refractivity contribution < 1.29 is 0 Å². The molecule has 2 heterocycles. The van der Waals surface area contributed by atoms with E-state index in [4.69, 9.17) is 9.97 Å². The lowest BCUT2D eigenvalue weighted by molar-refractivity contribution is 0.769. The van der Waals surface area contributed by atoms with Crippen LogP contribution in [-0.4, -0.2) is 9.97 Å². The van der Waals surface area contributed by atoms with Gasteiger partial charge in [0.25, 0.3) is 0 Å². The summed E-state index contributed by atoms with van der Waals surface area (Å²) >= 11 is 1.87. The number of hydrogen-bond donors (Lipinski definition) is 0. The molecule has 0 fully saturated rings. The summed E-state index contributed by atoms with van der Waals surface area (Å²) in [5.41, 5.74) is 16.3. The zero-order chi connectivity index (χ0) is 43.6. The molecule has 308 valence electrons. The van der Waals surface area contributed by atoms with Gasteiger partial charge in [-0.2, -0.15) is 0 Å². The summed E-state index contributed by atoms with van der Waals surface area (Å²) in [6, 6.07) is 88.3. The molecule has 1 aliphatic carbocycles. The highest BCUT2D eigenvalue weighted by Crippen LogP contribution is 2.58. The van der Waals surface area contributed by atoms with E-state index in [1.807, 2.05) is 11.3 Å². The highest BCUT2D eigenvalue weighted by atomic mass is 32.1. The van der Waals surface area contributed by atoms with Gasteiger partial charge in [0.05, 0.1) is 16.8 Å². The van der Waals surface area contributed by atoms with Gasteiger partial charge < -0.3 is 0 Å². The third kappa shape index (κ3) is 6.01. The quantitative estimate of drug-likeness (QED) is 0.160. The molecule has 66 heavy (non-hydrogen) atoms. The van der Waals surface area contributed by atoms with Crippen LogP contribution in [0.3, 0.4) is 0 Å². The Labute approximate surface area is 387 Å². The second-order valence-corrected chi connectivity index (χ2v) is 18.2. The molecule has 0 amide bonds. The summed E-state index contributed by atoms with van der Waals surface area (Å²) in [5.74, 6) is 0.685. The number of fused-ring (bicyclic) bond motifs is 7. The lowest BCUT2D eigenvalue weighted by atomic mass is 9.66. The number of nitrogens with zero attached hydrogens (tertiary/aromatic N) is 2. The van der Waals surface area contributed by atoms with Crippen LogP contribution in [0, 0.1) is 0 Å². The summed E-state index contributed by atoms with van der Waals surface area (Å²) in [6.45, 7) is 0. The highest BCUT2D eigenvalue weighted by molar-refractivity contribution is 7.26. The molecule has 0 aliphatic heterocycles. The molecule has 0 saturated carbocycles. The van der Waals surface area contributed by atoms with Crippen molar-refractivity contribution in [2.45, 2.75) is 5.41 Å². The summed E-state index contributed by atoms with van der Waals surface area (Å²) in [7, 11) is 0. The van der Waals surface area contributed by atoms with Crippen molar-refractivity contribution in [2.75, 3.05) is 0 Å². The third-order valence-electron chi connectivity index (χ3n) is 13.6. The van der Waals surface area contributed by atoms with Crippen molar-refractivity contribution in [2.24, 2.45) is 0 Å². The molecule has 2 nitrogen and oxygen atoms in total. The average Bonchev–Trinajstić information content (AvgIpc) is 3.93. The Bertz CT molecular complexity index is 3770. The average molecular weight is 857 g/mol. The molecule has 12 aromatic rings. The highest BCUT2D eigenvalue weighted by Gasteiger charge is 2.47. The zero-order valence-corrected chi connectivity index (χ0v) is 36.7. The summed E-state index contributed by atoms with van der Waals surface area (Å²) in [6.07, 6.45) is 0. The topological polar surface area (TPSA) is 25.8 Å². The zero-order valence-electron chi connectivity index (χ0n) is 35.9. The van der Waals surface area contributed by atoms with Crippen molar-refractivity contribution in [3.63, 3.8) is 0 Å². The lowest BCUT2D eigenvalue weighted by Gasteiger charge is -2.35. The molecule has 10 aromatic carbocycles. The van der Waals surface area contributed by atoms with Crippen LogP contribution in [0.2, 0.25) is 0 Å². The molecule has 2 aromatic heterocycles. The van der Waals surface area contributed by atoms with Gasteiger partial charge in [0.15, 0.2) is 5.82 Å². The fourth-order valence-electron chi connectivity index (χ4n) is 10.7. The maximum Gasteiger partial charge on any atom is 0.160 e. The van der Waals surface area contributed by atoms with Crippen molar-refractivity contribution in [1.82, 2.24) is 9.97 Å². The van der Waals surface area contributed by atoms with E-state index in [2.05, 4.69) is 243 Å². The normalized spacial score (nSPS) is 12.7. The monoisotopic (exact) mass is 856 g/mol.